The van der Waals surface area contributed by atoms with E-state index in [0.717, 1.165) is 0 Å². The van der Waals surface area contributed by atoms with E-state index in [9.17, 15) is 9.18 Å². The molecule has 2 rings (SSSR count). The van der Waals surface area contributed by atoms with Gasteiger partial charge in [-0.15, -0.1) is 11.3 Å². The minimum absolute atomic E-state index is 0.0848. The number of amides is 1. The zero-order valence-electron chi connectivity index (χ0n) is 9.74. The molecule has 1 amide bonds. The first-order valence-electron chi connectivity index (χ1n) is 5.31. The lowest BCUT2D eigenvalue weighted by Crippen LogP contribution is -2.16. The predicted molar refractivity (Wildman–Crippen MR) is 70.0 cm³/mol. The number of rotatable bonds is 3. The van der Waals surface area contributed by atoms with Gasteiger partial charge in [-0.2, -0.15) is 0 Å². The summed E-state index contributed by atoms with van der Waals surface area (Å²) in [5.41, 5.74) is 6.95. The number of thiazole rings is 1. The summed E-state index contributed by atoms with van der Waals surface area (Å²) < 4.78 is 13.5. The molecule has 0 bridgehead atoms. The Labute approximate surface area is 108 Å². The molecule has 2 aromatic rings. The highest BCUT2D eigenvalue weighted by Crippen LogP contribution is 2.19. The Balaban J connectivity index is 2.08. The summed E-state index contributed by atoms with van der Waals surface area (Å²) in [7, 11) is 0. The van der Waals surface area contributed by atoms with Crippen LogP contribution in [0.4, 0.5) is 15.2 Å². The average molecular weight is 265 g/mol. The number of benzene rings is 1. The fourth-order valence-electron chi connectivity index (χ4n) is 1.54. The molecular weight excluding hydrogens is 253 g/mol. The van der Waals surface area contributed by atoms with E-state index in [1.54, 1.807) is 24.4 Å². The van der Waals surface area contributed by atoms with E-state index in [4.69, 9.17) is 5.73 Å². The van der Waals surface area contributed by atoms with Crippen LogP contribution in [0.2, 0.25) is 0 Å². The van der Waals surface area contributed by atoms with Crippen molar-refractivity contribution in [3.8, 4) is 0 Å². The predicted octanol–water partition coefficient (Wildman–Crippen LogP) is 2.35. The maximum absolute atomic E-state index is 13.5. The Morgan fingerprint density at radius 3 is 2.94 bits per heavy atom. The van der Waals surface area contributed by atoms with Crippen LogP contribution < -0.4 is 11.1 Å². The molecule has 18 heavy (non-hydrogen) atoms. The molecule has 1 aromatic heterocycles. The number of anilines is 2. The number of nitrogens with two attached hydrogens (primary N) is 1. The molecule has 3 N–H and O–H groups in total. The Morgan fingerprint density at radius 1 is 1.56 bits per heavy atom. The summed E-state index contributed by atoms with van der Waals surface area (Å²) in [6.45, 7) is 1.74. The van der Waals surface area contributed by atoms with E-state index in [1.165, 1.54) is 17.4 Å². The molecule has 1 heterocycles. The summed E-state index contributed by atoms with van der Waals surface area (Å²) in [4.78, 5) is 15.7. The van der Waals surface area contributed by atoms with Crippen LogP contribution >= 0.6 is 11.3 Å². The number of carbonyl (C=O) groups is 1. The normalized spacial score (nSPS) is 10.3. The molecule has 6 heteroatoms. The highest BCUT2D eigenvalue weighted by molar-refractivity contribution is 7.13. The fourth-order valence-corrected chi connectivity index (χ4v) is 2.10. The van der Waals surface area contributed by atoms with Gasteiger partial charge < -0.3 is 11.1 Å². The van der Waals surface area contributed by atoms with Gasteiger partial charge in [0, 0.05) is 5.38 Å². The Kier molecular flexibility index (Phi) is 3.57. The average Bonchev–Trinajstić information content (AvgIpc) is 2.69. The second-order valence-corrected chi connectivity index (χ2v) is 4.72. The van der Waals surface area contributed by atoms with Gasteiger partial charge in [0.05, 0.1) is 17.8 Å². The molecule has 0 atom stereocenters. The van der Waals surface area contributed by atoms with E-state index in [-0.39, 0.29) is 18.0 Å². The molecule has 0 aliphatic carbocycles. The number of hydrogen-bond acceptors (Lipinski definition) is 4. The van der Waals surface area contributed by atoms with Gasteiger partial charge in [0.2, 0.25) is 5.91 Å². The number of aryl methyl sites for hydroxylation is 1. The molecule has 94 valence electrons. The highest BCUT2D eigenvalue weighted by atomic mass is 32.1. The number of hydrogen-bond donors (Lipinski definition) is 2. The van der Waals surface area contributed by atoms with Crippen molar-refractivity contribution in [2.24, 2.45) is 0 Å². The van der Waals surface area contributed by atoms with Crippen LogP contribution in [0.1, 0.15) is 11.3 Å². The van der Waals surface area contributed by atoms with Crippen LogP contribution in [0.3, 0.4) is 0 Å². The number of nitrogens with one attached hydrogen (secondary N) is 1. The third-order valence-electron chi connectivity index (χ3n) is 2.40. The minimum atomic E-state index is -0.443. The number of para-hydroxylation sites is 1. The van der Waals surface area contributed by atoms with Crippen molar-refractivity contribution >= 4 is 28.1 Å². The summed E-state index contributed by atoms with van der Waals surface area (Å²) in [5.74, 6) is -0.755. The van der Waals surface area contributed by atoms with Crippen molar-refractivity contribution < 1.29 is 9.18 Å². The van der Waals surface area contributed by atoms with Gasteiger partial charge in [-0.25, -0.2) is 9.37 Å². The molecule has 0 saturated heterocycles. The largest absolute Gasteiger partial charge is 0.375 e. The van der Waals surface area contributed by atoms with Gasteiger partial charge in [-0.1, -0.05) is 12.1 Å². The van der Waals surface area contributed by atoms with Gasteiger partial charge in [0.25, 0.3) is 0 Å². The van der Waals surface area contributed by atoms with Crippen LogP contribution in [0.25, 0.3) is 0 Å². The van der Waals surface area contributed by atoms with Crippen LogP contribution in [0.15, 0.2) is 23.6 Å². The second-order valence-electron chi connectivity index (χ2n) is 3.83. The van der Waals surface area contributed by atoms with Crippen molar-refractivity contribution in [2.75, 3.05) is 11.1 Å². The zero-order chi connectivity index (χ0) is 13.1. The van der Waals surface area contributed by atoms with E-state index in [1.807, 2.05) is 0 Å². The lowest BCUT2D eigenvalue weighted by molar-refractivity contribution is -0.115. The van der Waals surface area contributed by atoms with Crippen LogP contribution in [0.5, 0.6) is 0 Å². The molecule has 0 aliphatic rings. The molecule has 1 aromatic carbocycles. The SMILES string of the molecule is Cc1cccc(F)c1NC(=O)Cc1csc(N)n1. The molecule has 0 unspecified atom stereocenters. The van der Waals surface area contributed by atoms with Gasteiger partial charge in [0.15, 0.2) is 5.13 Å². The number of nitrogen functional groups attached to an aromatic ring is 1. The highest BCUT2D eigenvalue weighted by Gasteiger charge is 2.11. The number of aromatic nitrogens is 1. The maximum atomic E-state index is 13.5. The zero-order valence-corrected chi connectivity index (χ0v) is 10.6. The number of halogens is 1. The molecule has 0 radical (unpaired) electrons. The van der Waals surface area contributed by atoms with Gasteiger partial charge >= 0.3 is 0 Å². The first-order valence-corrected chi connectivity index (χ1v) is 6.19. The van der Waals surface area contributed by atoms with Gasteiger partial charge in [0.1, 0.15) is 5.82 Å². The van der Waals surface area contributed by atoms with Crippen molar-refractivity contribution in [1.82, 2.24) is 4.98 Å². The molecular formula is C12H12FN3OS. The molecule has 0 aliphatic heterocycles. The van der Waals surface area contributed by atoms with E-state index >= 15 is 0 Å². The fraction of sp³-hybridized carbons (Fsp3) is 0.167. The monoisotopic (exact) mass is 265 g/mol. The summed E-state index contributed by atoms with van der Waals surface area (Å²) in [6.07, 6.45) is 0.0848. The first-order chi connectivity index (χ1) is 8.56. The second kappa shape index (κ2) is 5.14. The van der Waals surface area contributed by atoms with Gasteiger partial charge in [-0.3, -0.25) is 4.79 Å². The lowest BCUT2D eigenvalue weighted by atomic mass is 10.2. The third kappa shape index (κ3) is 2.84. The first kappa shape index (κ1) is 12.5. The van der Waals surface area contributed by atoms with Crippen LogP contribution in [-0.4, -0.2) is 10.9 Å². The molecule has 0 saturated carbocycles. The van der Waals surface area contributed by atoms with Crippen molar-refractivity contribution in [2.45, 2.75) is 13.3 Å². The number of nitrogens with zero attached hydrogens (tertiary/aromatic N) is 1. The van der Waals surface area contributed by atoms with E-state index < -0.39 is 5.82 Å². The van der Waals surface area contributed by atoms with E-state index in [0.29, 0.717) is 16.4 Å². The Hall–Kier alpha value is -1.95. The smallest absolute Gasteiger partial charge is 0.230 e. The van der Waals surface area contributed by atoms with Crippen LogP contribution in [-0.2, 0) is 11.2 Å². The standard InChI is InChI=1S/C12H12FN3OS/c1-7-3-2-4-9(13)11(7)16-10(17)5-8-6-18-12(14)15-8/h2-4,6H,5H2,1H3,(H2,14,15)(H,16,17). The van der Waals surface area contributed by atoms with E-state index in [2.05, 4.69) is 10.3 Å². The molecule has 4 nitrogen and oxygen atoms in total. The lowest BCUT2D eigenvalue weighted by Gasteiger charge is -2.08. The van der Waals surface area contributed by atoms with Crippen molar-refractivity contribution in [3.05, 3.63) is 40.7 Å². The quantitative estimate of drug-likeness (QED) is 0.895. The Morgan fingerprint density at radius 2 is 2.33 bits per heavy atom. The molecule has 0 fully saturated rings. The number of carbonyl (C=O) groups excluding carboxylic acids is 1. The third-order valence-corrected chi connectivity index (χ3v) is 3.12. The van der Waals surface area contributed by atoms with Gasteiger partial charge in [-0.05, 0) is 18.6 Å². The van der Waals surface area contributed by atoms with Crippen LogP contribution in [0, 0.1) is 12.7 Å². The summed E-state index contributed by atoms with van der Waals surface area (Å²) in [5, 5.41) is 4.67. The van der Waals surface area contributed by atoms with Crippen molar-refractivity contribution in [1.29, 1.82) is 0 Å². The minimum Gasteiger partial charge on any atom is -0.375 e. The Bertz CT molecular complexity index is 562. The summed E-state index contributed by atoms with van der Waals surface area (Å²) >= 11 is 1.27. The maximum Gasteiger partial charge on any atom is 0.230 e. The molecule has 0 spiro atoms. The summed E-state index contributed by atoms with van der Waals surface area (Å²) in [6, 6.07) is 4.64. The van der Waals surface area contributed by atoms with Crippen molar-refractivity contribution in [3.63, 3.8) is 0 Å². The topological polar surface area (TPSA) is 68.0 Å².